The van der Waals surface area contributed by atoms with E-state index in [2.05, 4.69) is 30.9 Å². The Kier molecular flexibility index (Phi) is 15.4. The third kappa shape index (κ3) is 11.7. The third-order valence-electron chi connectivity index (χ3n) is 12.6. The summed E-state index contributed by atoms with van der Waals surface area (Å²) in [5.74, 6) is -1.24. The lowest BCUT2D eigenvalue weighted by atomic mass is 9.96. The number of carbonyl (C=O) groups excluding carboxylic acids is 1. The van der Waals surface area contributed by atoms with E-state index in [0.717, 1.165) is 72.2 Å². The SMILES string of the molecule is Br.COc1cc(C2=CCc3ccc(-c4c(F)cccc4F)cc32)nc(N[C@@H]2CCCN(C(=O)OC(C)(C)C)C2)n1.O=c1cc(C2=CCc3ccc(-c4c(F)cccc4F)cc32)nc(N[C@@H]2CCCNC2)[nH]1. The molecular weight excluding hydrogens is 981 g/mol. The fourth-order valence-electron chi connectivity index (χ4n) is 9.33. The van der Waals surface area contributed by atoms with Gasteiger partial charge >= 0.3 is 6.09 Å². The van der Waals surface area contributed by atoms with Crippen molar-refractivity contribution in [2.24, 2.45) is 0 Å². The molecular formula is C54H55BrF4N8O4. The van der Waals surface area contributed by atoms with Gasteiger partial charge in [0.25, 0.3) is 5.56 Å². The number of nitrogens with one attached hydrogen (secondary N) is 4. The number of anilines is 2. The molecule has 2 saturated heterocycles. The summed E-state index contributed by atoms with van der Waals surface area (Å²) >= 11 is 0. The highest BCUT2D eigenvalue weighted by Gasteiger charge is 2.29. The van der Waals surface area contributed by atoms with Crippen molar-refractivity contribution in [3.8, 4) is 28.1 Å². The van der Waals surface area contributed by atoms with Gasteiger partial charge in [0.05, 0.1) is 29.6 Å². The molecule has 0 spiro atoms. The van der Waals surface area contributed by atoms with Crippen molar-refractivity contribution in [3.05, 3.63) is 164 Å². The Balaban J connectivity index is 0.000000192. The summed E-state index contributed by atoms with van der Waals surface area (Å²) in [4.78, 5) is 43.3. The van der Waals surface area contributed by atoms with Crippen molar-refractivity contribution in [2.45, 2.75) is 77.0 Å². The number of carbonyl (C=O) groups is 1. The Labute approximate surface area is 419 Å². The van der Waals surface area contributed by atoms with Crippen LogP contribution in [0.15, 0.2) is 102 Å². The number of aromatic amines is 1. The number of fused-ring (bicyclic) bond motifs is 2. The van der Waals surface area contributed by atoms with Gasteiger partial charge < -0.3 is 30.3 Å². The first kappa shape index (κ1) is 50.5. The first-order chi connectivity index (χ1) is 33.7. The predicted molar refractivity (Wildman–Crippen MR) is 273 cm³/mol. The van der Waals surface area contributed by atoms with Crippen LogP contribution in [0.1, 0.15) is 80.1 Å². The van der Waals surface area contributed by atoms with Crippen LogP contribution < -0.4 is 26.2 Å². The average molecular weight is 1040 g/mol. The van der Waals surface area contributed by atoms with Gasteiger partial charge in [-0.1, -0.05) is 48.6 Å². The number of piperidine rings is 2. The van der Waals surface area contributed by atoms with E-state index < -0.39 is 28.9 Å². The smallest absolute Gasteiger partial charge is 0.410 e. The van der Waals surface area contributed by atoms with Crippen LogP contribution in [0.2, 0.25) is 0 Å². The van der Waals surface area contributed by atoms with Crippen molar-refractivity contribution in [1.29, 1.82) is 0 Å². The number of rotatable bonds is 9. The van der Waals surface area contributed by atoms with Crippen molar-refractivity contribution >= 4 is 46.1 Å². The van der Waals surface area contributed by atoms with E-state index in [4.69, 9.17) is 14.5 Å². The lowest BCUT2D eigenvalue weighted by Gasteiger charge is -2.34. The first-order valence-electron chi connectivity index (χ1n) is 23.5. The Bertz CT molecular complexity index is 3040. The predicted octanol–water partition coefficient (Wildman–Crippen LogP) is 10.7. The van der Waals surface area contributed by atoms with Gasteiger partial charge in [0.1, 0.15) is 28.9 Å². The molecule has 6 aromatic rings. The van der Waals surface area contributed by atoms with Crippen LogP contribution in [-0.2, 0) is 17.6 Å². The molecule has 370 valence electrons. The summed E-state index contributed by atoms with van der Waals surface area (Å²) in [6.07, 6.45) is 8.79. The van der Waals surface area contributed by atoms with E-state index in [1.165, 1.54) is 49.6 Å². The molecule has 71 heavy (non-hydrogen) atoms. The second kappa shape index (κ2) is 21.6. The third-order valence-corrected chi connectivity index (χ3v) is 12.6. The first-order valence-corrected chi connectivity index (χ1v) is 23.5. The number of halogens is 5. The van der Waals surface area contributed by atoms with Crippen molar-refractivity contribution in [3.63, 3.8) is 0 Å². The van der Waals surface area contributed by atoms with Crippen LogP contribution in [0.5, 0.6) is 5.88 Å². The van der Waals surface area contributed by atoms with E-state index in [-0.39, 0.29) is 51.8 Å². The Morgan fingerprint density at radius 1 is 0.732 bits per heavy atom. The van der Waals surface area contributed by atoms with Crippen LogP contribution >= 0.6 is 17.0 Å². The zero-order valence-corrected chi connectivity index (χ0v) is 41.5. The molecule has 4 N–H and O–H groups in total. The topological polar surface area (TPSA) is 146 Å². The van der Waals surface area contributed by atoms with E-state index in [9.17, 15) is 27.2 Å². The second-order valence-corrected chi connectivity index (χ2v) is 18.8. The van der Waals surface area contributed by atoms with Gasteiger partial charge in [0.2, 0.25) is 17.8 Å². The number of amides is 1. The molecule has 2 aliphatic carbocycles. The molecule has 12 nitrogen and oxygen atoms in total. The molecule has 2 atom stereocenters. The lowest BCUT2D eigenvalue weighted by molar-refractivity contribution is 0.0206. The number of allylic oxidation sites excluding steroid dienone is 2. The standard InChI is InChI=1S/C30H32F2N4O3.C24H22F2N4O.BrH/c1-30(2,3)39-29(37)36-14-6-7-20(17-36)33-28-34-25(16-26(35-28)38-4)21-13-12-18-10-11-19(15-22(18)21)27-23(31)8-5-9-24(27)32;25-19-4-1-5-20(26)23(19)15-7-6-14-8-9-17(18(14)11-15)21-12-22(31)30-24(29-21)28-16-3-2-10-27-13-16;/h5,8-11,13,15-16,20H,6-7,12,14,17H2,1-4H3,(H,33,34,35);1,4-7,9,11-12,16,27H,2-3,8,10,13H2,(H2,28,29,30,31);1H/t20-;16-;/m11./s1. The van der Waals surface area contributed by atoms with Gasteiger partial charge in [-0.2, -0.15) is 4.98 Å². The molecule has 2 aliphatic heterocycles. The quantitative estimate of drug-likeness (QED) is 0.103. The summed E-state index contributed by atoms with van der Waals surface area (Å²) in [6.45, 7) is 8.46. The Hall–Kier alpha value is -6.85. The summed E-state index contributed by atoms with van der Waals surface area (Å²) in [7, 11) is 1.54. The summed E-state index contributed by atoms with van der Waals surface area (Å²) in [6, 6.07) is 21.9. The maximum atomic E-state index is 14.5. The number of H-pyrrole nitrogens is 1. The number of nitrogens with zero attached hydrogens (tertiary/aromatic N) is 4. The van der Waals surface area contributed by atoms with Gasteiger partial charge in [0.15, 0.2) is 0 Å². The summed E-state index contributed by atoms with van der Waals surface area (Å²) < 4.78 is 68.6. The minimum atomic E-state index is -0.610. The van der Waals surface area contributed by atoms with E-state index in [0.29, 0.717) is 66.2 Å². The average Bonchev–Trinajstić information content (AvgIpc) is 3.96. The zero-order chi connectivity index (χ0) is 49.1. The number of hydrogen-bond acceptors (Lipinski definition) is 10. The van der Waals surface area contributed by atoms with Crippen LogP contribution in [0.3, 0.4) is 0 Å². The van der Waals surface area contributed by atoms with Crippen LogP contribution in [0.25, 0.3) is 33.4 Å². The fraction of sp³-hybridized carbons (Fsp3) is 0.315. The number of aromatic nitrogens is 4. The maximum absolute atomic E-state index is 14.5. The molecule has 0 unspecified atom stereocenters. The molecule has 4 aromatic carbocycles. The zero-order valence-electron chi connectivity index (χ0n) is 39.8. The lowest BCUT2D eigenvalue weighted by Crippen LogP contribution is -2.47. The maximum Gasteiger partial charge on any atom is 0.410 e. The molecule has 10 rings (SSSR count). The van der Waals surface area contributed by atoms with Gasteiger partial charge in [-0.25, -0.2) is 32.3 Å². The highest BCUT2D eigenvalue weighted by molar-refractivity contribution is 8.93. The number of hydrogen-bond donors (Lipinski definition) is 4. The van der Waals surface area contributed by atoms with E-state index >= 15 is 0 Å². The molecule has 4 heterocycles. The van der Waals surface area contributed by atoms with Crippen LogP contribution in [0, 0.1) is 23.3 Å². The van der Waals surface area contributed by atoms with Gasteiger partial charge in [0, 0.05) is 55.0 Å². The summed E-state index contributed by atoms with van der Waals surface area (Å²) in [5.41, 5.74) is 6.57. The Morgan fingerprint density at radius 2 is 1.31 bits per heavy atom. The van der Waals surface area contributed by atoms with Crippen molar-refractivity contribution in [2.75, 3.05) is 43.9 Å². The Morgan fingerprint density at radius 3 is 1.86 bits per heavy atom. The molecule has 2 aromatic heterocycles. The molecule has 4 aliphatic rings. The number of methoxy groups -OCH3 is 1. The number of benzene rings is 4. The van der Waals surface area contributed by atoms with Gasteiger partial charge in [-0.05, 0) is 136 Å². The monoisotopic (exact) mass is 1030 g/mol. The molecule has 0 bridgehead atoms. The highest BCUT2D eigenvalue weighted by Crippen LogP contribution is 2.39. The molecule has 0 radical (unpaired) electrons. The normalized spacial score (nSPS) is 17.1. The van der Waals surface area contributed by atoms with Crippen molar-refractivity contribution in [1.82, 2.24) is 30.2 Å². The van der Waals surface area contributed by atoms with Gasteiger partial charge in [-0.15, -0.1) is 17.0 Å². The van der Waals surface area contributed by atoms with Crippen molar-refractivity contribution < 1.29 is 31.8 Å². The summed E-state index contributed by atoms with van der Waals surface area (Å²) in [5, 5.41) is 10.00. The molecule has 2 fully saturated rings. The van der Waals surface area contributed by atoms with E-state index in [1.54, 1.807) is 35.2 Å². The molecule has 1 amide bonds. The van der Waals surface area contributed by atoms with Gasteiger partial charge in [-0.3, -0.25) is 9.78 Å². The van der Waals surface area contributed by atoms with E-state index in [1.807, 2.05) is 45.1 Å². The number of likely N-dealkylation sites (tertiary alicyclic amines) is 1. The highest BCUT2D eigenvalue weighted by atomic mass is 79.9. The fourth-order valence-corrected chi connectivity index (χ4v) is 9.33. The van der Waals surface area contributed by atoms with Crippen LogP contribution in [0.4, 0.5) is 34.3 Å². The minimum Gasteiger partial charge on any atom is -0.481 e. The molecule has 17 heteroatoms. The minimum absolute atomic E-state index is 0. The largest absolute Gasteiger partial charge is 0.481 e. The molecule has 0 saturated carbocycles. The van der Waals surface area contributed by atoms with Crippen LogP contribution in [-0.4, -0.2) is 81.9 Å². The number of ether oxygens (including phenoxy) is 2. The second-order valence-electron chi connectivity index (χ2n) is 18.8.